The zero-order chi connectivity index (χ0) is 24.7. The molecule has 2 aliphatic heterocycles. The summed E-state index contributed by atoms with van der Waals surface area (Å²) in [6.07, 6.45) is 0. The number of rotatable bonds is 8. The highest BCUT2D eigenvalue weighted by Gasteiger charge is 2.32. The van der Waals surface area contributed by atoms with Crippen molar-refractivity contribution in [2.75, 3.05) is 32.1 Å². The van der Waals surface area contributed by atoms with Gasteiger partial charge >= 0.3 is 0 Å². The zero-order valence-electron chi connectivity index (χ0n) is 20.3. The molecule has 0 spiro atoms. The van der Waals surface area contributed by atoms with Crippen LogP contribution in [0.2, 0.25) is 0 Å². The topological polar surface area (TPSA) is 61.9 Å². The minimum absolute atomic E-state index is 0.0379. The van der Waals surface area contributed by atoms with Crippen LogP contribution in [0.15, 0.2) is 78.9 Å². The molecule has 2 heterocycles. The molecule has 0 aromatic heterocycles. The summed E-state index contributed by atoms with van der Waals surface area (Å²) in [5, 5.41) is 3.00. The fraction of sp³-hybridized carbons (Fsp3) is 0.310. The third kappa shape index (κ3) is 6.16. The molecule has 0 bridgehead atoms. The van der Waals surface area contributed by atoms with Gasteiger partial charge in [0.1, 0.15) is 5.37 Å². The standard InChI is InChI=1S/C29H31N3O3S/c33-27-21-36-29(32(27)20-22-5-2-1-3-6-22)26-11-9-25(10-12-26)28(34)30-18-23-7-4-8-24(17-23)19-31-13-15-35-16-14-31/h1-12,17,29H,13-16,18-21H2,(H,30,34)/t29-/m1/s1. The summed E-state index contributed by atoms with van der Waals surface area (Å²) in [7, 11) is 0. The summed E-state index contributed by atoms with van der Waals surface area (Å²) in [6.45, 7) is 5.45. The van der Waals surface area contributed by atoms with Crippen LogP contribution in [-0.2, 0) is 29.2 Å². The second-order valence-electron chi connectivity index (χ2n) is 9.18. The molecule has 186 valence electrons. The Balaban J connectivity index is 1.17. The molecular weight excluding hydrogens is 470 g/mol. The van der Waals surface area contributed by atoms with E-state index in [4.69, 9.17) is 4.74 Å². The number of thioether (sulfide) groups is 1. The van der Waals surface area contributed by atoms with E-state index in [1.807, 2.05) is 71.6 Å². The van der Waals surface area contributed by atoms with E-state index < -0.39 is 0 Å². The van der Waals surface area contributed by atoms with Gasteiger partial charge in [-0.15, -0.1) is 11.8 Å². The quantitative estimate of drug-likeness (QED) is 0.501. The van der Waals surface area contributed by atoms with Gasteiger partial charge < -0.3 is 15.0 Å². The highest BCUT2D eigenvalue weighted by Crippen LogP contribution is 2.39. The lowest BCUT2D eigenvalue weighted by Gasteiger charge is -2.26. The van der Waals surface area contributed by atoms with Gasteiger partial charge in [-0.1, -0.05) is 66.7 Å². The summed E-state index contributed by atoms with van der Waals surface area (Å²) < 4.78 is 5.43. The van der Waals surface area contributed by atoms with Gasteiger partial charge in [0.15, 0.2) is 0 Å². The highest BCUT2D eigenvalue weighted by atomic mass is 32.2. The number of hydrogen-bond acceptors (Lipinski definition) is 5. The number of ether oxygens (including phenoxy) is 1. The van der Waals surface area contributed by atoms with Crippen LogP contribution in [0.3, 0.4) is 0 Å². The minimum Gasteiger partial charge on any atom is -0.379 e. The Morgan fingerprint density at radius 2 is 1.61 bits per heavy atom. The van der Waals surface area contributed by atoms with E-state index in [0.717, 1.165) is 49.5 Å². The molecule has 2 aliphatic rings. The monoisotopic (exact) mass is 501 g/mol. The molecule has 7 heteroatoms. The lowest BCUT2D eigenvalue weighted by Crippen LogP contribution is -2.35. The van der Waals surface area contributed by atoms with Crippen molar-refractivity contribution in [2.45, 2.75) is 25.0 Å². The lowest BCUT2D eigenvalue weighted by atomic mass is 10.1. The summed E-state index contributed by atoms with van der Waals surface area (Å²) in [5.74, 6) is 0.521. The fourth-order valence-corrected chi connectivity index (χ4v) is 5.81. The molecule has 5 rings (SSSR count). The zero-order valence-corrected chi connectivity index (χ0v) is 21.1. The molecule has 6 nitrogen and oxygen atoms in total. The van der Waals surface area contributed by atoms with Crippen LogP contribution in [0.25, 0.3) is 0 Å². The Bertz CT molecular complexity index is 1180. The largest absolute Gasteiger partial charge is 0.379 e. The van der Waals surface area contributed by atoms with Crippen molar-refractivity contribution in [2.24, 2.45) is 0 Å². The van der Waals surface area contributed by atoms with Gasteiger partial charge in [-0.05, 0) is 34.4 Å². The number of amides is 2. The first-order chi connectivity index (χ1) is 17.7. The Kier molecular flexibility index (Phi) is 8.01. The number of benzene rings is 3. The molecule has 2 amide bonds. The van der Waals surface area contributed by atoms with Crippen LogP contribution in [-0.4, -0.2) is 53.7 Å². The predicted molar refractivity (Wildman–Crippen MR) is 142 cm³/mol. The Morgan fingerprint density at radius 1 is 0.889 bits per heavy atom. The van der Waals surface area contributed by atoms with Gasteiger partial charge in [-0.2, -0.15) is 0 Å². The molecule has 0 unspecified atom stereocenters. The molecule has 1 atom stereocenters. The maximum absolute atomic E-state index is 12.8. The first-order valence-electron chi connectivity index (χ1n) is 12.4. The van der Waals surface area contributed by atoms with E-state index in [1.165, 1.54) is 5.56 Å². The molecule has 2 saturated heterocycles. The molecule has 2 fully saturated rings. The van der Waals surface area contributed by atoms with Gasteiger partial charge in [-0.25, -0.2) is 0 Å². The van der Waals surface area contributed by atoms with Gasteiger partial charge in [0.2, 0.25) is 5.91 Å². The van der Waals surface area contributed by atoms with Crippen LogP contribution >= 0.6 is 11.8 Å². The molecule has 0 saturated carbocycles. The molecule has 3 aromatic carbocycles. The molecule has 0 radical (unpaired) electrons. The van der Waals surface area contributed by atoms with Crippen molar-refractivity contribution in [1.29, 1.82) is 0 Å². The van der Waals surface area contributed by atoms with Crippen molar-refractivity contribution in [3.05, 3.63) is 107 Å². The SMILES string of the molecule is O=C(NCc1cccc(CN2CCOCC2)c1)c1ccc([C@H]2SCC(=O)N2Cc2ccccc2)cc1. The summed E-state index contributed by atoms with van der Waals surface area (Å²) >= 11 is 1.63. The van der Waals surface area contributed by atoms with Crippen molar-refractivity contribution in [3.63, 3.8) is 0 Å². The average molecular weight is 502 g/mol. The van der Waals surface area contributed by atoms with Gasteiger partial charge in [0.25, 0.3) is 5.91 Å². The summed E-state index contributed by atoms with van der Waals surface area (Å²) in [5.41, 5.74) is 5.10. The Labute approximate surface area is 216 Å². The molecular formula is C29H31N3O3S. The number of nitrogens with one attached hydrogen (secondary N) is 1. The lowest BCUT2D eigenvalue weighted by molar-refractivity contribution is -0.128. The van der Waals surface area contributed by atoms with Gasteiger partial charge in [-0.3, -0.25) is 14.5 Å². The summed E-state index contributed by atoms with van der Waals surface area (Å²) in [4.78, 5) is 29.6. The molecule has 36 heavy (non-hydrogen) atoms. The molecule has 0 aliphatic carbocycles. The van der Waals surface area contributed by atoms with E-state index in [0.29, 0.717) is 24.4 Å². The van der Waals surface area contributed by atoms with Crippen LogP contribution in [0.1, 0.15) is 38.0 Å². The predicted octanol–water partition coefficient (Wildman–Crippen LogP) is 4.22. The van der Waals surface area contributed by atoms with E-state index in [-0.39, 0.29) is 17.2 Å². The third-order valence-corrected chi connectivity index (χ3v) is 7.83. The minimum atomic E-state index is -0.101. The van der Waals surface area contributed by atoms with E-state index in [9.17, 15) is 9.59 Å². The second-order valence-corrected chi connectivity index (χ2v) is 10.3. The van der Waals surface area contributed by atoms with Crippen LogP contribution in [0.4, 0.5) is 0 Å². The van der Waals surface area contributed by atoms with Crippen molar-refractivity contribution in [1.82, 2.24) is 15.1 Å². The number of carbonyl (C=O) groups is 2. The maximum Gasteiger partial charge on any atom is 0.251 e. The van der Waals surface area contributed by atoms with Crippen molar-refractivity contribution < 1.29 is 14.3 Å². The average Bonchev–Trinajstić information content (AvgIpc) is 3.28. The maximum atomic E-state index is 12.8. The number of morpholine rings is 1. The van der Waals surface area contributed by atoms with Gasteiger partial charge in [0.05, 0.1) is 19.0 Å². The second kappa shape index (κ2) is 11.7. The first-order valence-corrected chi connectivity index (χ1v) is 13.4. The van der Waals surface area contributed by atoms with Gasteiger partial charge in [0, 0.05) is 38.3 Å². The summed E-state index contributed by atoms with van der Waals surface area (Å²) in [6, 6.07) is 26.1. The molecule has 1 N–H and O–H groups in total. The molecule has 3 aromatic rings. The highest BCUT2D eigenvalue weighted by molar-refractivity contribution is 8.00. The Morgan fingerprint density at radius 3 is 2.39 bits per heavy atom. The number of carbonyl (C=O) groups excluding carboxylic acids is 2. The van der Waals surface area contributed by atoms with E-state index in [2.05, 4.69) is 22.3 Å². The van der Waals surface area contributed by atoms with E-state index in [1.54, 1.807) is 11.8 Å². The van der Waals surface area contributed by atoms with Crippen LogP contribution in [0.5, 0.6) is 0 Å². The van der Waals surface area contributed by atoms with E-state index >= 15 is 0 Å². The normalized spacial score (nSPS) is 18.4. The van der Waals surface area contributed by atoms with Crippen LogP contribution in [0, 0.1) is 0 Å². The third-order valence-electron chi connectivity index (χ3n) is 6.58. The number of hydrogen-bond donors (Lipinski definition) is 1. The van der Waals surface area contributed by atoms with Crippen LogP contribution < -0.4 is 5.32 Å². The first kappa shape index (κ1) is 24.6. The fourth-order valence-electron chi connectivity index (χ4n) is 4.62. The Hall–Kier alpha value is -3.13. The van der Waals surface area contributed by atoms with Crippen molar-refractivity contribution in [3.8, 4) is 0 Å². The number of nitrogens with zero attached hydrogens (tertiary/aromatic N) is 2. The smallest absolute Gasteiger partial charge is 0.251 e. The van der Waals surface area contributed by atoms with Crippen molar-refractivity contribution >= 4 is 23.6 Å².